The molecule has 6 nitrogen and oxygen atoms in total. The molecule has 0 amide bonds. The van der Waals surface area contributed by atoms with Gasteiger partial charge in [-0.3, -0.25) is 9.59 Å². The maximum atomic E-state index is 13.6. The second-order valence-corrected chi connectivity index (χ2v) is 15.8. The van der Waals surface area contributed by atoms with Gasteiger partial charge in [0.2, 0.25) is 11.8 Å². The number of aryl methyl sites for hydroxylation is 1. The van der Waals surface area contributed by atoms with Gasteiger partial charge in [0.1, 0.15) is 11.9 Å². The van der Waals surface area contributed by atoms with Gasteiger partial charge in [-0.25, -0.2) is 0 Å². The summed E-state index contributed by atoms with van der Waals surface area (Å²) >= 11 is 0. The SMILES string of the molecule is CCC(C)(C)CC[C@@](C)(CC[C@]1(C)CC(=O)C[C@@H]2[C@@]3(C)C=C(C#N)C(=O)C(C)(C)[C@@H]3CC[C@]21C)c1nnc(C)o1. The fraction of sp³-hybridized carbons (Fsp3) is 0.794. The van der Waals surface area contributed by atoms with Gasteiger partial charge in [0, 0.05) is 30.6 Å². The molecule has 4 rings (SSSR count). The molecule has 1 aromatic heterocycles. The summed E-state index contributed by atoms with van der Waals surface area (Å²) in [7, 11) is 0. The van der Waals surface area contributed by atoms with Crippen LogP contribution in [-0.2, 0) is 15.0 Å². The van der Waals surface area contributed by atoms with E-state index in [2.05, 4.69) is 64.7 Å². The Morgan fingerprint density at radius 2 is 1.73 bits per heavy atom. The minimum Gasteiger partial charge on any atom is -0.425 e. The van der Waals surface area contributed by atoms with Gasteiger partial charge in [0.15, 0.2) is 5.78 Å². The molecular weight excluding hydrogens is 498 g/mol. The Morgan fingerprint density at radius 3 is 2.30 bits per heavy atom. The Hall–Kier alpha value is -2.29. The van der Waals surface area contributed by atoms with Crippen molar-refractivity contribution >= 4 is 11.6 Å². The summed E-state index contributed by atoms with van der Waals surface area (Å²) in [5, 5.41) is 18.6. The van der Waals surface area contributed by atoms with Gasteiger partial charge in [-0.15, -0.1) is 10.2 Å². The number of allylic oxidation sites excluding steroid dienone is 2. The predicted molar refractivity (Wildman–Crippen MR) is 156 cm³/mol. The highest BCUT2D eigenvalue weighted by Gasteiger charge is 2.66. The molecule has 6 heteroatoms. The number of rotatable bonds is 8. The van der Waals surface area contributed by atoms with E-state index in [1.54, 1.807) is 0 Å². The zero-order valence-corrected chi connectivity index (χ0v) is 26.7. The molecule has 0 unspecified atom stereocenters. The van der Waals surface area contributed by atoms with Crippen LogP contribution in [0.25, 0.3) is 0 Å². The first-order valence-corrected chi connectivity index (χ1v) is 15.4. The Bertz CT molecular complexity index is 1250. The van der Waals surface area contributed by atoms with Gasteiger partial charge in [-0.1, -0.05) is 74.8 Å². The molecule has 1 heterocycles. The molecule has 2 fully saturated rings. The number of carbonyl (C=O) groups is 2. The van der Waals surface area contributed by atoms with Crippen LogP contribution in [0.3, 0.4) is 0 Å². The van der Waals surface area contributed by atoms with Gasteiger partial charge >= 0.3 is 0 Å². The van der Waals surface area contributed by atoms with Crippen molar-refractivity contribution in [2.24, 2.45) is 38.9 Å². The Labute approximate surface area is 241 Å². The van der Waals surface area contributed by atoms with E-state index in [1.807, 2.05) is 26.8 Å². The highest BCUT2D eigenvalue weighted by Crippen LogP contribution is 2.70. The van der Waals surface area contributed by atoms with E-state index >= 15 is 0 Å². The quantitative estimate of drug-likeness (QED) is 0.325. The summed E-state index contributed by atoms with van der Waals surface area (Å²) in [5.41, 5.74) is -1.11. The maximum absolute atomic E-state index is 13.6. The van der Waals surface area contributed by atoms with Crippen LogP contribution >= 0.6 is 0 Å². The number of hydrogen-bond acceptors (Lipinski definition) is 6. The second kappa shape index (κ2) is 9.92. The average Bonchev–Trinajstić information content (AvgIpc) is 3.32. The van der Waals surface area contributed by atoms with Crippen LogP contribution in [-0.4, -0.2) is 21.8 Å². The highest BCUT2D eigenvalue weighted by atomic mass is 16.4. The lowest BCUT2D eigenvalue weighted by Gasteiger charge is -2.66. The van der Waals surface area contributed by atoms with Gasteiger partial charge in [0.05, 0.1) is 5.57 Å². The molecule has 0 spiro atoms. The lowest BCUT2D eigenvalue weighted by Crippen LogP contribution is -2.62. The lowest BCUT2D eigenvalue weighted by molar-refractivity contribution is -0.174. The van der Waals surface area contributed by atoms with E-state index < -0.39 is 5.41 Å². The normalized spacial score (nSPS) is 35.3. The van der Waals surface area contributed by atoms with Crippen molar-refractivity contribution in [2.75, 3.05) is 0 Å². The zero-order valence-electron chi connectivity index (χ0n) is 26.7. The highest BCUT2D eigenvalue weighted by molar-refractivity contribution is 6.04. The minimum atomic E-state index is -0.618. The second-order valence-electron chi connectivity index (χ2n) is 15.8. The van der Waals surface area contributed by atoms with Gasteiger partial charge in [-0.05, 0) is 72.0 Å². The van der Waals surface area contributed by atoms with Crippen molar-refractivity contribution in [3.63, 3.8) is 0 Å². The van der Waals surface area contributed by atoms with Crippen molar-refractivity contribution in [1.29, 1.82) is 5.26 Å². The molecule has 0 saturated heterocycles. The predicted octanol–water partition coefficient (Wildman–Crippen LogP) is 8.10. The summed E-state index contributed by atoms with van der Waals surface area (Å²) in [4.78, 5) is 26.8. The minimum absolute atomic E-state index is 0.0494. The number of hydrogen-bond donors (Lipinski definition) is 0. The summed E-state index contributed by atoms with van der Waals surface area (Å²) in [6.07, 6.45) is 9.81. The molecule has 0 bridgehead atoms. The van der Waals surface area contributed by atoms with Gasteiger partial charge < -0.3 is 4.42 Å². The van der Waals surface area contributed by atoms with Crippen molar-refractivity contribution < 1.29 is 14.0 Å². The lowest BCUT2D eigenvalue weighted by atomic mass is 9.37. The number of fused-ring (bicyclic) bond motifs is 3. The smallest absolute Gasteiger partial charge is 0.222 e. The van der Waals surface area contributed by atoms with Crippen molar-refractivity contribution in [2.45, 2.75) is 132 Å². The van der Waals surface area contributed by atoms with Crippen LogP contribution in [0.5, 0.6) is 0 Å². The van der Waals surface area contributed by atoms with E-state index in [4.69, 9.17) is 4.42 Å². The van der Waals surface area contributed by atoms with Crippen LogP contribution < -0.4 is 0 Å². The van der Waals surface area contributed by atoms with Crippen LogP contribution in [0.2, 0.25) is 0 Å². The molecule has 0 radical (unpaired) electrons. The van der Waals surface area contributed by atoms with Crippen molar-refractivity contribution in [3.8, 4) is 6.07 Å². The molecular formula is C34H51N3O3. The molecule has 0 aliphatic heterocycles. The zero-order chi connectivity index (χ0) is 29.9. The van der Waals surface area contributed by atoms with E-state index in [-0.39, 0.29) is 50.3 Å². The fourth-order valence-electron chi connectivity index (χ4n) is 8.86. The molecule has 0 aromatic carbocycles. The van der Waals surface area contributed by atoms with Crippen LogP contribution in [0.15, 0.2) is 16.1 Å². The third-order valence-electron chi connectivity index (χ3n) is 12.5. The molecule has 3 aliphatic carbocycles. The number of nitriles is 1. The largest absolute Gasteiger partial charge is 0.425 e. The molecule has 3 aliphatic rings. The van der Waals surface area contributed by atoms with Crippen LogP contribution in [0.4, 0.5) is 0 Å². The van der Waals surface area contributed by atoms with Gasteiger partial charge in [0.25, 0.3) is 0 Å². The Balaban J connectivity index is 1.71. The van der Waals surface area contributed by atoms with Crippen molar-refractivity contribution in [3.05, 3.63) is 23.4 Å². The monoisotopic (exact) mass is 549 g/mol. The first-order chi connectivity index (χ1) is 18.4. The third-order valence-corrected chi connectivity index (χ3v) is 12.5. The molecule has 0 N–H and O–H groups in total. The topological polar surface area (TPSA) is 96.8 Å². The van der Waals surface area contributed by atoms with E-state index in [9.17, 15) is 14.9 Å². The first-order valence-electron chi connectivity index (χ1n) is 15.4. The number of aromatic nitrogens is 2. The molecule has 1 aromatic rings. The number of nitrogens with zero attached hydrogens (tertiary/aromatic N) is 3. The van der Waals surface area contributed by atoms with E-state index in [0.717, 1.165) is 44.9 Å². The van der Waals surface area contributed by atoms with Crippen molar-refractivity contribution in [1.82, 2.24) is 10.2 Å². The molecule has 6 atom stereocenters. The maximum Gasteiger partial charge on any atom is 0.222 e. The third kappa shape index (κ3) is 4.80. The van der Waals surface area contributed by atoms with Crippen LogP contribution in [0, 0.1) is 57.2 Å². The summed E-state index contributed by atoms with van der Waals surface area (Å²) in [5.74, 6) is 1.73. The summed E-state index contributed by atoms with van der Waals surface area (Å²) in [6.45, 7) is 21.9. The van der Waals surface area contributed by atoms with E-state index in [0.29, 0.717) is 30.4 Å². The summed E-state index contributed by atoms with van der Waals surface area (Å²) in [6, 6.07) is 2.21. The number of carbonyl (C=O) groups excluding carboxylic acids is 2. The summed E-state index contributed by atoms with van der Waals surface area (Å²) < 4.78 is 6.06. The Morgan fingerprint density at radius 1 is 1.05 bits per heavy atom. The van der Waals surface area contributed by atoms with Crippen LogP contribution in [0.1, 0.15) is 132 Å². The fourth-order valence-corrected chi connectivity index (χ4v) is 8.86. The standard InChI is InChI=1S/C34H51N3O3/c1-11-29(3,4)14-15-31(7,28-37-36-22(2)40-28)16-17-32(8)20-24(38)18-26-33(9)19-23(21-35)27(39)30(5,6)25(33)12-13-34(26,32)10/h19,25-26H,11-18,20H2,1-10H3/t25-,26+,31-,32+,33-,34+/m0/s1. The molecule has 220 valence electrons. The molecule has 40 heavy (non-hydrogen) atoms. The Kier molecular flexibility index (Phi) is 7.60. The van der Waals surface area contributed by atoms with Gasteiger partial charge in [-0.2, -0.15) is 5.26 Å². The number of Topliss-reactive ketones (excluding diaryl/α,β-unsaturated/α-hetero) is 2. The average molecular weight is 550 g/mol. The molecule has 2 saturated carbocycles. The number of ketones is 2. The van der Waals surface area contributed by atoms with E-state index in [1.165, 1.54) is 0 Å². The first kappa shape index (κ1) is 30.7.